The third-order valence-electron chi connectivity index (χ3n) is 3.48. The van der Waals surface area contributed by atoms with Gasteiger partial charge in [-0.25, -0.2) is 0 Å². The summed E-state index contributed by atoms with van der Waals surface area (Å²) in [5.74, 6) is 0.261. The lowest BCUT2D eigenvalue weighted by molar-refractivity contribution is 0.317. The van der Waals surface area contributed by atoms with Crippen LogP contribution in [0.5, 0.6) is 5.75 Å². The molecule has 1 N–H and O–H groups in total. The van der Waals surface area contributed by atoms with Gasteiger partial charge in [-0.2, -0.15) is 5.26 Å². The second-order valence-corrected chi connectivity index (χ2v) is 5.46. The van der Waals surface area contributed by atoms with Gasteiger partial charge in [-0.05, 0) is 54.0 Å². The number of fused-ring (bicyclic) bond motifs is 1. The fourth-order valence-corrected chi connectivity index (χ4v) is 3.44. The van der Waals surface area contributed by atoms with E-state index in [1.165, 1.54) is 19.3 Å². The number of hydrogen-bond donors (Lipinski definition) is 1. The number of phenols is 1. The molecule has 0 unspecified atom stereocenters. The fourth-order valence-electron chi connectivity index (χ4n) is 2.38. The summed E-state index contributed by atoms with van der Waals surface area (Å²) in [5.41, 5.74) is 1.71. The lowest BCUT2D eigenvalue weighted by atomic mass is 9.93. The smallest absolute Gasteiger partial charge is 0.117 e. The molecule has 1 aromatic heterocycles. The minimum absolute atomic E-state index is 0.261. The molecule has 86 valence electrons. The van der Waals surface area contributed by atoms with Crippen LogP contribution < -0.4 is 0 Å². The van der Waals surface area contributed by atoms with Gasteiger partial charge in [0.05, 0.1) is 14.8 Å². The SMILES string of the molecule is N#Cc1c(I)n(C2CCC2)c2cc(O)ccc12. The quantitative estimate of drug-likeness (QED) is 0.809. The van der Waals surface area contributed by atoms with E-state index in [-0.39, 0.29) is 5.75 Å². The fraction of sp³-hybridized carbons (Fsp3) is 0.308. The molecule has 1 heterocycles. The minimum Gasteiger partial charge on any atom is -0.508 e. The molecule has 1 aliphatic carbocycles. The van der Waals surface area contributed by atoms with E-state index >= 15 is 0 Å². The first kappa shape index (κ1) is 10.9. The van der Waals surface area contributed by atoms with Crippen LogP contribution >= 0.6 is 22.6 Å². The van der Waals surface area contributed by atoms with Crippen molar-refractivity contribution in [3.05, 3.63) is 27.5 Å². The monoisotopic (exact) mass is 338 g/mol. The van der Waals surface area contributed by atoms with Gasteiger partial charge in [-0.1, -0.05) is 0 Å². The normalized spacial score (nSPS) is 15.8. The zero-order valence-electron chi connectivity index (χ0n) is 9.15. The molecular formula is C13H11IN2O. The summed E-state index contributed by atoms with van der Waals surface area (Å²) < 4.78 is 3.20. The van der Waals surface area contributed by atoms with Crippen molar-refractivity contribution in [2.75, 3.05) is 0 Å². The van der Waals surface area contributed by atoms with E-state index in [1.807, 2.05) is 6.07 Å². The Bertz CT molecular complexity index is 635. The van der Waals surface area contributed by atoms with Crippen molar-refractivity contribution in [2.24, 2.45) is 0 Å². The maximum absolute atomic E-state index is 9.60. The second-order valence-electron chi connectivity index (χ2n) is 4.43. The van der Waals surface area contributed by atoms with E-state index in [9.17, 15) is 10.4 Å². The summed E-state index contributed by atoms with van der Waals surface area (Å²) in [6, 6.07) is 8.00. The number of halogens is 1. The Morgan fingerprint density at radius 2 is 2.18 bits per heavy atom. The van der Waals surface area contributed by atoms with Gasteiger partial charge in [0.1, 0.15) is 11.8 Å². The molecule has 2 aromatic rings. The molecule has 0 saturated heterocycles. The highest BCUT2D eigenvalue weighted by Crippen LogP contribution is 2.39. The summed E-state index contributed by atoms with van der Waals surface area (Å²) in [5, 5.41) is 19.8. The number of phenolic OH excluding ortho intramolecular Hbond substituents is 1. The Morgan fingerprint density at radius 1 is 1.41 bits per heavy atom. The minimum atomic E-state index is 0.261. The Balaban J connectivity index is 2.35. The Morgan fingerprint density at radius 3 is 2.76 bits per heavy atom. The molecule has 0 spiro atoms. The first-order valence-electron chi connectivity index (χ1n) is 5.65. The molecule has 0 amide bonds. The Kier molecular flexibility index (Phi) is 2.51. The number of aromatic nitrogens is 1. The van der Waals surface area contributed by atoms with Crippen LogP contribution in [0.15, 0.2) is 18.2 Å². The second kappa shape index (κ2) is 3.91. The molecule has 1 aliphatic rings. The van der Waals surface area contributed by atoms with Crippen LogP contribution in [0.2, 0.25) is 0 Å². The maximum Gasteiger partial charge on any atom is 0.117 e. The number of nitriles is 1. The molecule has 0 atom stereocenters. The van der Waals surface area contributed by atoms with E-state index in [0.717, 1.165) is 20.2 Å². The first-order valence-corrected chi connectivity index (χ1v) is 6.72. The molecule has 0 aliphatic heterocycles. The molecule has 4 heteroatoms. The third-order valence-corrected chi connectivity index (χ3v) is 4.54. The lowest BCUT2D eigenvalue weighted by Gasteiger charge is -2.29. The molecule has 1 aromatic carbocycles. The summed E-state index contributed by atoms with van der Waals surface area (Å²) in [6.45, 7) is 0. The van der Waals surface area contributed by atoms with Crippen molar-refractivity contribution in [2.45, 2.75) is 25.3 Å². The Labute approximate surface area is 113 Å². The van der Waals surface area contributed by atoms with E-state index in [2.05, 4.69) is 33.2 Å². The lowest BCUT2D eigenvalue weighted by Crippen LogP contribution is -2.18. The summed E-state index contributed by atoms with van der Waals surface area (Å²) >= 11 is 2.24. The number of aromatic hydroxyl groups is 1. The van der Waals surface area contributed by atoms with E-state index in [0.29, 0.717) is 6.04 Å². The summed E-state index contributed by atoms with van der Waals surface area (Å²) in [7, 11) is 0. The van der Waals surface area contributed by atoms with Crippen molar-refractivity contribution >= 4 is 33.5 Å². The molecule has 3 nitrogen and oxygen atoms in total. The van der Waals surface area contributed by atoms with E-state index < -0.39 is 0 Å². The van der Waals surface area contributed by atoms with Crippen molar-refractivity contribution in [3.8, 4) is 11.8 Å². The van der Waals surface area contributed by atoms with Crippen molar-refractivity contribution < 1.29 is 5.11 Å². The molecular weight excluding hydrogens is 327 g/mol. The molecule has 1 saturated carbocycles. The van der Waals surface area contributed by atoms with Gasteiger partial charge in [0, 0.05) is 17.5 Å². The average molecular weight is 338 g/mol. The molecule has 17 heavy (non-hydrogen) atoms. The molecule has 0 radical (unpaired) electrons. The van der Waals surface area contributed by atoms with Crippen molar-refractivity contribution in [1.29, 1.82) is 5.26 Å². The van der Waals surface area contributed by atoms with Crippen LogP contribution in [0.25, 0.3) is 10.9 Å². The first-order chi connectivity index (χ1) is 8.22. The number of nitrogens with zero attached hydrogens (tertiary/aromatic N) is 2. The average Bonchev–Trinajstić information content (AvgIpc) is 2.50. The van der Waals surface area contributed by atoms with Gasteiger partial charge < -0.3 is 9.67 Å². The van der Waals surface area contributed by atoms with Crippen molar-refractivity contribution in [1.82, 2.24) is 4.57 Å². The summed E-state index contributed by atoms with van der Waals surface area (Å²) in [6.07, 6.45) is 3.59. The molecule has 0 bridgehead atoms. The molecule has 1 fully saturated rings. The topological polar surface area (TPSA) is 49.0 Å². The van der Waals surface area contributed by atoms with E-state index in [1.54, 1.807) is 12.1 Å². The zero-order chi connectivity index (χ0) is 12.0. The standard InChI is InChI=1S/C13H11IN2O/c14-13-11(7-15)10-5-4-9(17)6-12(10)16(13)8-2-1-3-8/h4-6,8,17H,1-3H2. The number of hydrogen-bond acceptors (Lipinski definition) is 2. The predicted octanol–water partition coefficient (Wildman–Crippen LogP) is 3.55. The van der Waals surface area contributed by atoms with Gasteiger partial charge >= 0.3 is 0 Å². The van der Waals surface area contributed by atoms with Crippen LogP contribution in [0, 0.1) is 15.0 Å². The highest BCUT2D eigenvalue weighted by Gasteiger charge is 2.25. The van der Waals surface area contributed by atoms with Gasteiger partial charge in [-0.3, -0.25) is 0 Å². The van der Waals surface area contributed by atoms with Crippen LogP contribution in [0.1, 0.15) is 30.9 Å². The zero-order valence-corrected chi connectivity index (χ0v) is 11.3. The van der Waals surface area contributed by atoms with Crippen LogP contribution in [-0.4, -0.2) is 9.67 Å². The third kappa shape index (κ3) is 1.53. The maximum atomic E-state index is 9.60. The highest BCUT2D eigenvalue weighted by atomic mass is 127. The largest absolute Gasteiger partial charge is 0.508 e. The number of benzene rings is 1. The van der Waals surface area contributed by atoms with Crippen LogP contribution in [0.3, 0.4) is 0 Å². The Hall–Kier alpha value is -1.22. The van der Waals surface area contributed by atoms with Gasteiger partial charge in [0.2, 0.25) is 0 Å². The highest BCUT2D eigenvalue weighted by molar-refractivity contribution is 14.1. The van der Waals surface area contributed by atoms with E-state index in [4.69, 9.17) is 0 Å². The van der Waals surface area contributed by atoms with Crippen molar-refractivity contribution in [3.63, 3.8) is 0 Å². The van der Waals surface area contributed by atoms with Crippen LogP contribution in [-0.2, 0) is 0 Å². The van der Waals surface area contributed by atoms with Gasteiger partial charge in [0.15, 0.2) is 0 Å². The van der Waals surface area contributed by atoms with Crippen LogP contribution in [0.4, 0.5) is 0 Å². The predicted molar refractivity (Wildman–Crippen MR) is 73.9 cm³/mol. The number of rotatable bonds is 1. The van der Waals surface area contributed by atoms with Gasteiger partial charge in [0.25, 0.3) is 0 Å². The summed E-state index contributed by atoms with van der Waals surface area (Å²) in [4.78, 5) is 0. The van der Waals surface area contributed by atoms with Gasteiger partial charge in [-0.15, -0.1) is 0 Å². The molecule has 3 rings (SSSR count).